The van der Waals surface area contributed by atoms with E-state index in [1.807, 2.05) is 29.7 Å². The smallest absolute Gasteiger partial charge is 0.137 e. The Morgan fingerprint density at radius 3 is 2.26 bits per heavy atom. The van der Waals surface area contributed by atoms with E-state index in [0.717, 1.165) is 22.6 Å². The molecule has 2 aromatic heterocycles. The highest BCUT2D eigenvalue weighted by molar-refractivity contribution is 6.30. The first-order valence-electron chi connectivity index (χ1n) is 7.70. The maximum absolute atomic E-state index is 6.43. The number of pyridine rings is 1. The van der Waals surface area contributed by atoms with Gasteiger partial charge in [0.25, 0.3) is 0 Å². The summed E-state index contributed by atoms with van der Waals surface area (Å²) in [6, 6.07) is 12.3. The number of fused-ring (bicyclic) bond motifs is 1. The van der Waals surface area contributed by atoms with Crippen molar-refractivity contribution in [1.82, 2.24) is 9.38 Å². The van der Waals surface area contributed by atoms with E-state index in [1.165, 1.54) is 5.56 Å². The Morgan fingerprint density at radius 2 is 1.70 bits per heavy atom. The summed E-state index contributed by atoms with van der Waals surface area (Å²) in [5, 5.41) is 0.504. The zero-order valence-electron chi connectivity index (χ0n) is 13.8. The third-order valence-corrected chi connectivity index (χ3v) is 4.45. The van der Waals surface area contributed by atoms with Gasteiger partial charge in [0.1, 0.15) is 5.65 Å². The number of rotatable bonds is 2. The molecule has 1 unspecified atom stereocenters. The fourth-order valence-corrected chi connectivity index (χ4v) is 3.13. The normalized spacial score (nSPS) is 13.5. The van der Waals surface area contributed by atoms with Crippen LogP contribution in [0.15, 0.2) is 42.6 Å². The van der Waals surface area contributed by atoms with Gasteiger partial charge in [-0.25, -0.2) is 4.98 Å². The van der Waals surface area contributed by atoms with Gasteiger partial charge in [0.2, 0.25) is 0 Å². The summed E-state index contributed by atoms with van der Waals surface area (Å²) in [4.78, 5) is 4.76. The first-order valence-corrected chi connectivity index (χ1v) is 8.51. The number of benzene rings is 1. The van der Waals surface area contributed by atoms with Crippen LogP contribution in [0.4, 0.5) is 0 Å². The van der Waals surface area contributed by atoms with Crippen LogP contribution in [0, 0.1) is 0 Å². The van der Waals surface area contributed by atoms with E-state index >= 15 is 0 Å². The number of imidazole rings is 1. The number of hydrogen-bond donors (Lipinski definition) is 0. The van der Waals surface area contributed by atoms with Crippen LogP contribution >= 0.6 is 23.2 Å². The number of nitrogens with zero attached hydrogens (tertiary/aromatic N) is 2. The van der Waals surface area contributed by atoms with Gasteiger partial charge in [-0.05, 0) is 30.0 Å². The van der Waals surface area contributed by atoms with Crippen LogP contribution in [0.2, 0.25) is 5.02 Å². The van der Waals surface area contributed by atoms with E-state index in [2.05, 4.69) is 45.0 Å². The Labute approximate surface area is 147 Å². The molecule has 0 spiro atoms. The SMILES string of the molecule is CC(Cl)c1c(-c2ccc(C(C)(C)C)cc2)nc2ccc(Cl)cn12. The van der Waals surface area contributed by atoms with Crippen molar-refractivity contribution in [3.8, 4) is 11.3 Å². The van der Waals surface area contributed by atoms with Crippen LogP contribution in [0.25, 0.3) is 16.9 Å². The minimum atomic E-state index is -0.166. The average molecular weight is 347 g/mol. The summed E-state index contributed by atoms with van der Waals surface area (Å²) in [7, 11) is 0. The molecule has 23 heavy (non-hydrogen) atoms. The zero-order chi connectivity index (χ0) is 16.8. The quantitative estimate of drug-likeness (QED) is 0.501. The van der Waals surface area contributed by atoms with Crippen LogP contribution < -0.4 is 0 Å². The van der Waals surface area contributed by atoms with Crippen LogP contribution in [-0.4, -0.2) is 9.38 Å². The predicted molar refractivity (Wildman–Crippen MR) is 98.6 cm³/mol. The summed E-state index contributed by atoms with van der Waals surface area (Å²) in [6.45, 7) is 8.59. The molecule has 0 aliphatic carbocycles. The molecule has 0 amide bonds. The van der Waals surface area contributed by atoms with Gasteiger partial charge in [0, 0.05) is 11.8 Å². The minimum Gasteiger partial charge on any atom is -0.300 e. The molecule has 0 bridgehead atoms. The van der Waals surface area contributed by atoms with E-state index in [0.29, 0.717) is 5.02 Å². The molecule has 4 heteroatoms. The van der Waals surface area contributed by atoms with E-state index < -0.39 is 0 Å². The van der Waals surface area contributed by atoms with Crippen LogP contribution in [0.1, 0.15) is 44.3 Å². The molecule has 3 rings (SSSR count). The number of alkyl halides is 1. The number of hydrogen-bond acceptors (Lipinski definition) is 1. The van der Waals surface area contributed by atoms with Gasteiger partial charge in [-0.15, -0.1) is 11.6 Å². The van der Waals surface area contributed by atoms with Crippen molar-refractivity contribution < 1.29 is 0 Å². The van der Waals surface area contributed by atoms with Crippen molar-refractivity contribution in [3.63, 3.8) is 0 Å². The molecule has 2 heterocycles. The lowest BCUT2D eigenvalue weighted by Gasteiger charge is -2.19. The Morgan fingerprint density at radius 1 is 1.04 bits per heavy atom. The van der Waals surface area contributed by atoms with Gasteiger partial charge in [0.15, 0.2) is 0 Å². The van der Waals surface area contributed by atoms with Gasteiger partial charge >= 0.3 is 0 Å². The maximum Gasteiger partial charge on any atom is 0.137 e. The molecular formula is C19H20Cl2N2. The van der Waals surface area contributed by atoms with Gasteiger partial charge < -0.3 is 4.40 Å². The first kappa shape index (κ1) is 16.4. The second-order valence-electron chi connectivity index (χ2n) is 6.86. The van der Waals surface area contributed by atoms with Crippen molar-refractivity contribution in [2.45, 2.75) is 38.5 Å². The molecule has 0 saturated carbocycles. The first-order chi connectivity index (χ1) is 10.8. The molecule has 120 valence electrons. The molecule has 0 radical (unpaired) electrons. The standard InChI is InChI=1S/C19H20Cl2N2/c1-12(20)18-17(22-16-10-9-15(21)11-23(16)18)13-5-7-14(8-6-13)19(2,3)4/h5-12H,1-4H3. The monoisotopic (exact) mass is 346 g/mol. The van der Waals surface area contributed by atoms with Gasteiger partial charge in [0.05, 0.1) is 21.8 Å². The molecule has 0 saturated heterocycles. The van der Waals surface area contributed by atoms with Crippen LogP contribution in [0.5, 0.6) is 0 Å². The van der Waals surface area contributed by atoms with Crippen molar-refractivity contribution >= 4 is 28.8 Å². The summed E-state index contributed by atoms with van der Waals surface area (Å²) < 4.78 is 1.98. The van der Waals surface area contributed by atoms with E-state index in [4.69, 9.17) is 28.2 Å². The maximum atomic E-state index is 6.43. The number of aromatic nitrogens is 2. The Hall–Kier alpha value is -1.51. The fraction of sp³-hybridized carbons (Fsp3) is 0.316. The van der Waals surface area contributed by atoms with Crippen molar-refractivity contribution in [3.05, 3.63) is 58.9 Å². The largest absolute Gasteiger partial charge is 0.300 e. The highest BCUT2D eigenvalue weighted by Crippen LogP contribution is 2.33. The molecular weight excluding hydrogens is 327 g/mol. The van der Waals surface area contributed by atoms with Crippen molar-refractivity contribution in [2.75, 3.05) is 0 Å². The number of halogens is 2. The predicted octanol–water partition coefficient (Wildman–Crippen LogP) is 6.25. The highest BCUT2D eigenvalue weighted by Gasteiger charge is 2.19. The Kier molecular flexibility index (Phi) is 4.16. The fourth-order valence-electron chi connectivity index (χ4n) is 2.76. The second-order valence-corrected chi connectivity index (χ2v) is 7.96. The van der Waals surface area contributed by atoms with Gasteiger partial charge in [-0.1, -0.05) is 56.6 Å². The molecule has 0 aliphatic rings. The summed E-state index contributed by atoms with van der Waals surface area (Å²) >= 11 is 12.6. The molecule has 1 aromatic carbocycles. The lowest BCUT2D eigenvalue weighted by atomic mass is 9.86. The van der Waals surface area contributed by atoms with Gasteiger partial charge in [-0.2, -0.15) is 0 Å². The topological polar surface area (TPSA) is 17.3 Å². The molecule has 1 atom stereocenters. The second kappa shape index (κ2) is 5.85. The van der Waals surface area contributed by atoms with E-state index in [9.17, 15) is 0 Å². The van der Waals surface area contributed by atoms with E-state index in [-0.39, 0.29) is 10.8 Å². The molecule has 0 aliphatic heterocycles. The summed E-state index contributed by atoms with van der Waals surface area (Å²) in [5.74, 6) is 0. The third-order valence-electron chi connectivity index (χ3n) is 4.02. The summed E-state index contributed by atoms with van der Waals surface area (Å²) in [6.07, 6.45) is 1.87. The Bertz CT molecular complexity index is 840. The lowest BCUT2D eigenvalue weighted by molar-refractivity contribution is 0.590. The highest BCUT2D eigenvalue weighted by atomic mass is 35.5. The van der Waals surface area contributed by atoms with Crippen LogP contribution in [-0.2, 0) is 5.41 Å². The van der Waals surface area contributed by atoms with Crippen LogP contribution in [0.3, 0.4) is 0 Å². The zero-order valence-corrected chi connectivity index (χ0v) is 15.3. The van der Waals surface area contributed by atoms with E-state index in [1.54, 1.807) is 0 Å². The third kappa shape index (κ3) is 3.11. The average Bonchev–Trinajstić information content (AvgIpc) is 2.85. The lowest BCUT2D eigenvalue weighted by Crippen LogP contribution is -2.10. The minimum absolute atomic E-state index is 0.133. The van der Waals surface area contributed by atoms with Crippen molar-refractivity contribution in [2.24, 2.45) is 0 Å². The summed E-state index contributed by atoms with van der Waals surface area (Å²) in [5.41, 5.74) is 5.23. The Balaban J connectivity index is 2.17. The molecule has 2 nitrogen and oxygen atoms in total. The van der Waals surface area contributed by atoms with Gasteiger partial charge in [-0.3, -0.25) is 0 Å². The molecule has 0 N–H and O–H groups in total. The molecule has 0 fully saturated rings. The van der Waals surface area contributed by atoms with Crippen molar-refractivity contribution in [1.29, 1.82) is 0 Å². The molecule has 3 aromatic rings.